The number of ether oxygens (including phenoxy) is 1. The minimum Gasteiger partial charge on any atom is -1.00 e. The molecule has 1 N–H and O–H groups in total. The molecule has 1 atom stereocenters. The van der Waals surface area contributed by atoms with E-state index in [1.165, 1.54) is 6.07 Å². The van der Waals surface area contributed by atoms with Gasteiger partial charge < -0.3 is 17.1 Å². The second-order valence-corrected chi connectivity index (χ2v) is 4.13. The normalized spacial score (nSPS) is 11.3. The predicted octanol–water partition coefficient (Wildman–Crippen LogP) is -0.915. The van der Waals surface area contributed by atoms with Gasteiger partial charge in [-0.25, -0.2) is 0 Å². The molecule has 0 aliphatic carbocycles. The summed E-state index contributed by atoms with van der Waals surface area (Å²) < 4.78 is 5.14. The van der Waals surface area contributed by atoms with Crippen molar-refractivity contribution < 1.29 is 27.0 Å². The van der Waals surface area contributed by atoms with Crippen LogP contribution in [0.15, 0.2) is 48.5 Å². The van der Waals surface area contributed by atoms with Gasteiger partial charge >= 0.3 is 5.69 Å². The van der Waals surface area contributed by atoms with Crippen molar-refractivity contribution in [1.29, 1.82) is 0 Å². The molecule has 5 nitrogen and oxygen atoms in total. The lowest BCUT2D eigenvalue weighted by Gasteiger charge is -2.13. The van der Waals surface area contributed by atoms with Gasteiger partial charge in [0.2, 0.25) is 5.69 Å². The minimum atomic E-state index is -0.374. The molecule has 0 aliphatic heterocycles. The van der Waals surface area contributed by atoms with Gasteiger partial charge in [0.25, 0.3) is 0 Å². The van der Waals surface area contributed by atoms with E-state index in [-0.39, 0.29) is 23.0 Å². The number of rotatable bonds is 4. The number of hydrogen-bond donors (Lipinski definition) is 1. The lowest BCUT2D eigenvalue weighted by Crippen LogP contribution is -3.00. The summed E-state index contributed by atoms with van der Waals surface area (Å²) in [6, 6.07) is 14.4. The molecule has 0 amide bonds. The molecule has 0 spiro atoms. The average Bonchev–Trinajstić information content (AvgIpc) is 2.46. The highest BCUT2D eigenvalue weighted by molar-refractivity contribution is 5.57. The van der Waals surface area contributed by atoms with Crippen molar-refractivity contribution in [2.45, 2.75) is 0 Å². The molecule has 0 fully saturated rings. The molecule has 106 valence electrons. The standard InChI is InChI=1S/C14H14N2O3.ClH/c1-15(11-6-4-3-5-7-11)14-10-12(19-2)8-9-13(14)16(17)18;/h3-10H,1-2H3;1H. The summed E-state index contributed by atoms with van der Waals surface area (Å²) in [5.74, 6) is 0.607. The number of benzene rings is 2. The molecule has 2 rings (SSSR count). The second kappa shape index (κ2) is 6.88. The van der Waals surface area contributed by atoms with E-state index in [2.05, 4.69) is 0 Å². The van der Waals surface area contributed by atoms with Crippen LogP contribution in [-0.2, 0) is 0 Å². The van der Waals surface area contributed by atoms with Crippen LogP contribution in [0.3, 0.4) is 0 Å². The highest BCUT2D eigenvalue weighted by Gasteiger charge is 2.23. The number of methoxy groups -OCH3 is 1. The van der Waals surface area contributed by atoms with Gasteiger partial charge in [-0.3, -0.25) is 15.0 Å². The van der Waals surface area contributed by atoms with Gasteiger partial charge in [-0.2, -0.15) is 0 Å². The summed E-state index contributed by atoms with van der Waals surface area (Å²) in [6.07, 6.45) is 0. The molecule has 1 unspecified atom stereocenters. The van der Waals surface area contributed by atoms with E-state index < -0.39 is 0 Å². The van der Waals surface area contributed by atoms with Gasteiger partial charge in [0.1, 0.15) is 11.4 Å². The van der Waals surface area contributed by atoms with Crippen LogP contribution in [-0.4, -0.2) is 19.1 Å². The van der Waals surface area contributed by atoms with Crippen LogP contribution in [0.5, 0.6) is 5.75 Å². The Morgan fingerprint density at radius 2 is 1.80 bits per heavy atom. The first kappa shape index (κ1) is 15.9. The van der Waals surface area contributed by atoms with Gasteiger partial charge in [0.15, 0.2) is 0 Å². The minimum absolute atomic E-state index is 0. The lowest BCUT2D eigenvalue weighted by molar-refractivity contribution is -0.737. The van der Waals surface area contributed by atoms with E-state index in [0.717, 1.165) is 10.6 Å². The van der Waals surface area contributed by atoms with E-state index in [4.69, 9.17) is 4.74 Å². The first-order chi connectivity index (χ1) is 9.13. The van der Waals surface area contributed by atoms with Gasteiger partial charge in [0, 0.05) is 12.1 Å². The molecular weight excluding hydrogens is 280 g/mol. The molecule has 0 heterocycles. The SMILES string of the molecule is COc1ccc([N+](=O)[O-])c([NH+](C)c2ccccc2)c1.[Cl-]. The predicted molar refractivity (Wildman–Crippen MR) is 72.3 cm³/mol. The number of nitro groups is 1. The zero-order chi connectivity index (χ0) is 13.8. The summed E-state index contributed by atoms with van der Waals surface area (Å²) in [4.78, 5) is 11.6. The number of halogens is 1. The van der Waals surface area contributed by atoms with Crippen LogP contribution in [0.4, 0.5) is 17.1 Å². The zero-order valence-corrected chi connectivity index (χ0v) is 11.9. The third-order valence-electron chi connectivity index (χ3n) is 3.01. The Morgan fingerprint density at radius 1 is 1.15 bits per heavy atom. The maximum Gasteiger partial charge on any atom is 0.329 e. The molecule has 20 heavy (non-hydrogen) atoms. The third-order valence-corrected chi connectivity index (χ3v) is 3.01. The molecule has 0 bridgehead atoms. The molecule has 6 heteroatoms. The Hall–Kier alpha value is -2.11. The summed E-state index contributed by atoms with van der Waals surface area (Å²) in [5, 5.41) is 11.1. The Balaban J connectivity index is 0.00000200. The summed E-state index contributed by atoms with van der Waals surface area (Å²) >= 11 is 0. The van der Waals surface area contributed by atoms with Crippen molar-refractivity contribution in [2.24, 2.45) is 0 Å². The second-order valence-electron chi connectivity index (χ2n) is 4.13. The molecule has 0 saturated carbocycles. The lowest BCUT2D eigenvalue weighted by atomic mass is 10.2. The van der Waals surface area contributed by atoms with Crippen molar-refractivity contribution in [3.8, 4) is 5.75 Å². The van der Waals surface area contributed by atoms with Crippen LogP contribution in [0, 0.1) is 10.1 Å². The number of para-hydroxylation sites is 1. The number of hydrogen-bond acceptors (Lipinski definition) is 3. The molecule has 0 saturated heterocycles. The number of nitro benzene ring substituents is 1. The molecule has 0 aromatic heterocycles. The average molecular weight is 295 g/mol. The maximum absolute atomic E-state index is 11.1. The first-order valence-corrected chi connectivity index (χ1v) is 5.85. The van der Waals surface area contributed by atoms with Crippen LogP contribution < -0.4 is 22.0 Å². The topological polar surface area (TPSA) is 56.8 Å². The summed E-state index contributed by atoms with van der Waals surface area (Å²) in [5.41, 5.74) is 1.62. The van der Waals surface area contributed by atoms with Crippen LogP contribution in [0.25, 0.3) is 0 Å². The summed E-state index contributed by atoms with van der Waals surface area (Å²) in [6.45, 7) is 0. The number of nitrogens with zero attached hydrogens (tertiary/aromatic N) is 1. The maximum atomic E-state index is 11.1. The largest absolute Gasteiger partial charge is 1.00 e. The molecule has 2 aromatic carbocycles. The third kappa shape index (κ3) is 3.26. The highest BCUT2D eigenvalue weighted by Crippen LogP contribution is 2.26. The van der Waals surface area contributed by atoms with Crippen molar-refractivity contribution in [3.63, 3.8) is 0 Å². The van der Waals surface area contributed by atoms with Crippen molar-refractivity contribution in [2.75, 3.05) is 14.2 Å². The first-order valence-electron chi connectivity index (χ1n) is 5.85. The Bertz CT molecular complexity index is 590. The van der Waals surface area contributed by atoms with E-state index in [1.54, 1.807) is 19.2 Å². The summed E-state index contributed by atoms with van der Waals surface area (Å²) in [7, 11) is 3.42. The van der Waals surface area contributed by atoms with Crippen LogP contribution >= 0.6 is 0 Å². The molecule has 2 aromatic rings. The van der Waals surface area contributed by atoms with Crippen LogP contribution in [0.2, 0.25) is 0 Å². The van der Waals surface area contributed by atoms with E-state index in [9.17, 15) is 10.1 Å². The smallest absolute Gasteiger partial charge is 0.329 e. The molecule has 0 radical (unpaired) electrons. The Kier molecular flexibility index (Phi) is 5.49. The fraction of sp³-hybridized carbons (Fsp3) is 0.143. The fourth-order valence-corrected chi connectivity index (χ4v) is 1.95. The van der Waals surface area contributed by atoms with Crippen molar-refractivity contribution in [3.05, 3.63) is 58.6 Å². The van der Waals surface area contributed by atoms with Crippen molar-refractivity contribution in [1.82, 2.24) is 0 Å². The Morgan fingerprint density at radius 3 is 2.35 bits per heavy atom. The van der Waals surface area contributed by atoms with Gasteiger partial charge in [-0.05, 0) is 18.2 Å². The zero-order valence-electron chi connectivity index (χ0n) is 11.2. The van der Waals surface area contributed by atoms with Crippen LogP contribution in [0.1, 0.15) is 0 Å². The molecular formula is C14H15ClN2O3. The van der Waals surface area contributed by atoms with Gasteiger partial charge in [-0.1, -0.05) is 18.2 Å². The number of quaternary nitrogens is 1. The van der Waals surface area contributed by atoms with E-state index >= 15 is 0 Å². The quantitative estimate of drug-likeness (QED) is 0.586. The Labute approximate surface area is 123 Å². The molecule has 0 aliphatic rings. The van der Waals surface area contributed by atoms with Gasteiger partial charge in [0.05, 0.1) is 19.1 Å². The number of nitrogens with one attached hydrogen (secondary N) is 1. The monoisotopic (exact) mass is 294 g/mol. The highest BCUT2D eigenvalue weighted by atomic mass is 35.5. The van der Waals surface area contributed by atoms with Crippen molar-refractivity contribution >= 4 is 17.1 Å². The van der Waals surface area contributed by atoms with E-state index in [0.29, 0.717) is 11.4 Å². The fourth-order valence-electron chi connectivity index (χ4n) is 1.95. The van der Waals surface area contributed by atoms with Gasteiger partial charge in [-0.15, -0.1) is 0 Å². The van der Waals surface area contributed by atoms with E-state index in [1.807, 2.05) is 37.4 Å².